The van der Waals surface area contributed by atoms with Crippen molar-refractivity contribution in [3.63, 3.8) is 0 Å². The van der Waals surface area contributed by atoms with Crippen LogP contribution in [0.3, 0.4) is 0 Å². The molecule has 0 aromatic heterocycles. The topological polar surface area (TPSA) is 102 Å². The number of thioether (sulfide) groups is 1. The summed E-state index contributed by atoms with van der Waals surface area (Å²) in [5, 5.41) is 11.2. The van der Waals surface area contributed by atoms with Crippen LogP contribution in [0.25, 0.3) is 0 Å². The molecule has 4 aromatic carbocycles. The molecule has 1 amide bonds. The largest absolute Gasteiger partial charge is 0.488 e. The molecule has 0 radical (unpaired) electrons. The fourth-order valence-corrected chi connectivity index (χ4v) is 8.25. The van der Waals surface area contributed by atoms with E-state index in [9.17, 15) is 14.7 Å². The van der Waals surface area contributed by atoms with Gasteiger partial charge in [-0.05, 0) is 41.5 Å². The van der Waals surface area contributed by atoms with Crippen molar-refractivity contribution in [2.75, 3.05) is 13.2 Å². The molecule has 6 rings (SSSR count). The van der Waals surface area contributed by atoms with Crippen molar-refractivity contribution in [2.45, 2.75) is 22.6 Å². The molecule has 44 heavy (non-hydrogen) atoms. The summed E-state index contributed by atoms with van der Waals surface area (Å²) >= 11 is 20.2. The van der Waals surface area contributed by atoms with Crippen LogP contribution in [0.5, 0.6) is 17.2 Å². The summed E-state index contributed by atoms with van der Waals surface area (Å²) in [7, 11) is 0. The number of carbonyl (C=O) groups is 2. The molecule has 3 unspecified atom stereocenters. The molecule has 2 saturated heterocycles. The van der Waals surface area contributed by atoms with Gasteiger partial charge in [0, 0.05) is 33.8 Å². The van der Waals surface area contributed by atoms with Crippen molar-refractivity contribution in [1.82, 2.24) is 4.90 Å². The molecule has 7 nitrogen and oxygen atoms in total. The average molecular weight is 670 g/mol. The van der Waals surface area contributed by atoms with Gasteiger partial charge in [0.1, 0.15) is 29.2 Å². The third kappa shape index (κ3) is 5.73. The molecular formula is C33H27Cl3N2O5S. The van der Waals surface area contributed by atoms with Gasteiger partial charge in [0.2, 0.25) is 5.91 Å². The van der Waals surface area contributed by atoms with E-state index in [2.05, 4.69) is 0 Å². The number of ether oxygens (including phenoxy) is 2. The minimum absolute atomic E-state index is 0.0763. The Labute approximate surface area is 273 Å². The fraction of sp³-hybridized carbons (Fsp3) is 0.212. The van der Waals surface area contributed by atoms with E-state index in [1.54, 1.807) is 41.3 Å². The Morgan fingerprint density at radius 2 is 1.50 bits per heavy atom. The summed E-state index contributed by atoms with van der Waals surface area (Å²) in [6.45, 7) is -0.361. The van der Waals surface area contributed by atoms with Gasteiger partial charge < -0.3 is 25.2 Å². The molecular weight excluding hydrogens is 643 g/mol. The van der Waals surface area contributed by atoms with Crippen LogP contribution >= 0.6 is 46.6 Å². The van der Waals surface area contributed by atoms with Gasteiger partial charge in [-0.2, -0.15) is 0 Å². The standard InChI is InChI=1S/C33H27Cl3N2O5S/c34-21-11-13-24(23(36)15-21)43-25-14-12-22(35)16-26(25)42-18-33(32(40)41)17-38-30(39)28(37)31(38)44-29(33)27(19-7-3-1-4-8-19)20-9-5-2-6-10-20/h1-16,27-29,31H,17-18,37H2,(H,40,41)/t28?,29?,31-,33?/m1/s1. The van der Waals surface area contributed by atoms with Gasteiger partial charge in [0.15, 0.2) is 11.5 Å². The SMILES string of the molecule is NC1C(=O)N2CC(COc3cc(Cl)ccc3Oc3ccc(Cl)cc3Cl)(C(=O)O)C(C(c3ccccc3)c3ccccc3)S[C@H]12. The molecule has 0 saturated carbocycles. The first-order valence-corrected chi connectivity index (χ1v) is 15.9. The number of carboxylic acids is 1. The van der Waals surface area contributed by atoms with E-state index in [0.29, 0.717) is 15.8 Å². The zero-order valence-corrected chi connectivity index (χ0v) is 26.2. The highest BCUT2D eigenvalue weighted by molar-refractivity contribution is 8.00. The average Bonchev–Trinajstić information content (AvgIpc) is 3.03. The van der Waals surface area contributed by atoms with Crippen molar-refractivity contribution in [1.29, 1.82) is 0 Å². The summed E-state index contributed by atoms with van der Waals surface area (Å²) in [6.07, 6.45) is 0. The van der Waals surface area contributed by atoms with Crippen molar-refractivity contribution in [3.05, 3.63) is 123 Å². The highest BCUT2D eigenvalue weighted by Crippen LogP contribution is 2.54. The Kier molecular flexibility index (Phi) is 8.72. The number of carboxylic acid groups (broad SMARTS) is 1. The molecule has 0 spiro atoms. The Hall–Kier alpha value is -3.40. The summed E-state index contributed by atoms with van der Waals surface area (Å²) in [4.78, 5) is 27.9. The number of fused-ring (bicyclic) bond motifs is 1. The Morgan fingerprint density at radius 3 is 2.09 bits per heavy atom. The Balaban J connectivity index is 1.41. The number of hydrogen-bond donors (Lipinski definition) is 2. The summed E-state index contributed by atoms with van der Waals surface area (Å²) in [5.74, 6) is -0.899. The quantitative estimate of drug-likeness (QED) is 0.180. The van der Waals surface area contributed by atoms with Crippen LogP contribution in [0, 0.1) is 5.41 Å². The first-order chi connectivity index (χ1) is 21.2. The zero-order valence-electron chi connectivity index (χ0n) is 23.1. The normalized spacial score (nSPS) is 22.7. The van der Waals surface area contributed by atoms with Crippen LogP contribution in [0.4, 0.5) is 0 Å². The highest BCUT2D eigenvalue weighted by atomic mass is 35.5. The number of rotatable bonds is 9. The monoisotopic (exact) mass is 668 g/mol. The highest BCUT2D eigenvalue weighted by Gasteiger charge is 2.62. The first-order valence-electron chi connectivity index (χ1n) is 13.8. The molecule has 3 N–H and O–H groups in total. The van der Waals surface area contributed by atoms with Crippen LogP contribution in [0.1, 0.15) is 17.0 Å². The number of benzene rings is 4. The predicted molar refractivity (Wildman–Crippen MR) is 173 cm³/mol. The molecule has 2 aliphatic heterocycles. The van der Waals surface area contributed by atoms with Crippen LogP contribution < -0.4 is 15.2 Å². The van der Waals surface area contributed by atoms with Crippen LogP contribution in [0.15, 0.2) is 97.1 Å². The number of aliphatic carboxylic acids is 1. The lowest BCUT2D eigenvalue weighted by Gasteiger charge is -2.57. The number of hydrogen-bond acceptors (Lipinski definition) is 6. The maximum atomic E-state index is 13.5. The van der Waals surface area contributed by atoms with E-state index in [1.165, 1.54) is 11.8 Å². The smallest absolute Gasteiger partial charge is 0.316 e. The van der Waals surface area contributed by atoms with Gasteiger partial charge >= 0.3 is 5.97 Å². The van der Waals surface area contributed by atoms with E-state index in [0.717, 1.165) is 11.1 Å². The number of β-lactam (4-membered cyclic amide) rings is 1. The first kappa shape index (κ1) is 30.6. The van der Waals surface area contributed by atoms with Gasteiger partial charge in [-0.15, -0.1) is 11.8 Å². The molecule has 2 aliphatic rings. The van der Waals surface area contributed by atoms with Gasteiger partial charge in [-0.3, -0.25) is 9.59 Å². The second kappa shape index (κ2) is 12.5. The van der Waals surface area contributed by atoms with E-state index in [4.69, 9.17) is 50.0 Å². The minimum atomic E-state index is -1.55. The lowest BCUT2D eigenvalue weighted by Crippen LogP contribution is -2.74. The lowest BCUT2D eigenvalue weighted by molar-refractivity contribution is -0.160. The van der Waals surface area contributed by atoms with Crippen molar-refractivity contribution < 1.29 is 24.2 Å². The maximum absolute atomic E-state index is 13.5. The molecule has 4 aromatic rings. The molecule has 2 fully saturated rings. The zero-order chi connectivity index (χ0) is 31.0. The fourth-order valence-electron chi connectivity index (χ4n) is 5.75. The van der Waals surface area contributed by atoms with Crippen LogP contribution in [-0.2, 0) is 9.59 Å². The summed E-state index contributed by atoms with van der Waals surface area (Å²) in [5.41, 5.74) is 6.57. The van der Waals surface area contributed by atoms with E-state index >= 15 is 0 Å². The van der Waals surface area contributed by atoms with E-state index < -0.39 is 22.7 Å². The lowest BCUT2D eigenvalue weighted by atomic mass is 9.73. The van der Waals surface area contributed by atoms with Crippen LogP contribution in [-0.4, -0.2) is 51.7 Å². The number of amides is 1. The second-order valence-corrected chi connectivity index (χ2v) is 13.3. The molecule has 2 heterocycles. The third-order valence-electron chi connectivity index (χ3n) is 8.02. The second-order valence-electron chi connectivity index (χ2n) is 10.8. The molecule has 11 heteroatoms. The number of nitrogens with zero attached hydrogens (tertiary/aromatic N) is 1. The van der Waals surface area contributed by atoms with E-state index in [1.807, 2.05) is 60.7 Å². The van der Waals surface area contributed by atoms with Gasteiger partial charge in [0.05, 0.1) is 5.02 Å². The van der Waals surface area contributed by atoms with Crippen molar-refractivity contribution in [3.8, 4) is 17.2 Å². The molecule has 226 valence electrons. The number of nitrogens with two attached hydrogens (primary N) is 1. The van der Waals surface area contributed by atoms with Gasteiger partial charge in [-0.25, -0.2) is 0 Å². The number of carbonyl (C=O) groups excluding carboxylic acids is 1. The van der Waals surface area contributed by atoms with E-state index in [-0.39, 0.29) is 46.9 Å². The summed E-state index contributed by atoms with van der Waals surface area (Å²) < 4.78 is 12.4. The summed E-state index contributed by atoms with van der Waals surface area (Å²) in [6, 6.07) is 28.4. The molecule has 4 atom stereocenters. The van der Waals surface area contributed by atoms with Crippen LogP contribution in [0.2, 0.25) is 15.1 Å². The molecule has 0 aliphatic carbocycles. The Morgan fingerprint density at radius 1 is 0.909 bits per heavy atom. The number of halogens is 3. The Bertz CT molecular complexity index is 1660. The predicted octanol–water partition coefficient (Wildman–Crippen LogP) is 7.33. The van der Waals surface area contributed by atoms with Crippen molar-refractivity contribution >= 4 is 58.4 Å². The van der Waals surface area contributed by atoms with Crippen molar-refractivity contribution in [2.24, 2.45) is 11.1 Å². The minimum Gasteiger partial charge on any atom is -0.488 e. The third-order valence-corrected chi connectivity index (χ3v) is 10.6. The van der Waals surface area contributed by atoms with Gasteiger partial charge in [0.25, 0.3) is 0 Å². The van der Waals surface area contributed by atoms with Gasteiger partial charge in [-0.1, -0.05) is 95.5 Å². The maximum Gasteiger partial charge on any atom is 0.316 e. The molecule has 0 bridgehead atoms.